The Morgan fingerprint density at radius 3 is 2.88 bits per heavy atom. The zero-order valence-electron chi connectivity index (χ0n) is 10.4. The summed E-state index contributed by atoms with van der Waals surface area (Å²) in [6.07, 6.45) is 5.45. The predicted molar refractivity (Wildman–Crippen MR) is 63.0 cm³/mol. The van der Waals surface area contributed by atoms with Crippen molar-refractivity contribution in [1.82, 2.24) is 10.0 Å². The Morgan fingerprint density at radius 1 is 1.29 bits per heavy atom. The number of hydrazine groups is 1. The molecular weight excluding hydrogens is 216 g/mol. The van der Waals surface area contributed by atoms with Gasteiger partial charge in [-0.2, -0.15) is 0 Å². The van der Waals surface area contributed by atoms with Crippen LogP contribution in [0.4, 0.5) is 0 Å². The molecule has 17 heavy (non-hydrogen) atoms. The first-order valence-electron chi connectivity index (χ1n) is 6.85. The molecule has 0 spiro atoms. The topological polar surface area (TPSA) is 40.6 Å². The van der Waals surface area contributed by atoms with Crippen molar-refractivity contribution in [2.45, 2.75) is 57.5 Å². The number of Topliss-reactive ketones (excluding diaryl/α,β-unsaturated/α-hetero) is 1. The summed E-state index contributed by atoms with van der Waals surface area (Å²) in [5, 5.41) is 4.13. The van der Waals surface area contributed by atoms with E-state index in [-0.39, 0.29) is 17.9 Å². The van der Waals surface area contributed by atoms with E-state index in [1.165, 1.54) is 0 Å². The summed E-state index contributed by atoms with van der Waals surface area (Å²) >= 11 is 0. The fourth-order valence-electron chi connectivity index (χ4n) is 3.88. The minimum Gasteiger partial charge on any atom is -0.299 e. The minimum absolute atomic E-state index is 0.105. The highest BCUT2D eigenvalue weighted by atomic mass is 16.2. The molecule has 1 amide bonds. The lowest BCUT2D eigenvalue weighted by Gasteiger charge is -2.29. The van der Waals surface area contributed by atoms with Crippen LogP contribution in [0.25, 0.3) is 0 Å². The molecule has 2 saturated heterocycles. The van der Waals surface area contributed by atoms with Crippen LogP contribution >= 0.6 is 0 Å². The molecule has 94 valence electrons. The molecule has 1 saturated carbocycles. The fourth-order valence-corrected chi connectivity index (χ4v) is 3.88. The van der Waals surface area contributed by atoms with Gasteiger partial charge in [0.2, 0.25) is 5.91 Å². The first-order chi connectivity index (χ1) is 8.24. The number of hydrogen-bond acceptors (Lipinski definition) is 3. The quantitative estimate of drug-likeness (QED) is 0.727. The Bertz CT molecular complexity index is 355. The Hall–Kier alpha value is -0.900. The van der Waals surface area contributed by atoms with Crippen LogP contribution in [0.1, 0.15) is 45.4 Å². The molecule has 0 aromatic carbocycles. The van der Waals surface area contributed by atoms with Gasteiger partial charge in [-0.15, -0.1) is 0 Å². The fraction of sp³-hybridized carbons (Fsp3) is 0.846. The van der Waals surface area contributed by atoms with Crippen molar-refractivity contribution >= 4 is 11.7 Å². The standard InChI is InChI=1S/C13H20N2O2/c1-2-4-9-13-10(5-3-6-11(13)16)15-12(17)7-8-14(9)15/h9-10,13H,2-8H2,1H3/t9-,10-,13-/m1/s1. The Balaban J connectivity index is 1.92. The van der Waals surface area contributed by atoms with E-state index in [9.17, 15) is 9.59 Å². The number of hydrogen-bond donors (Lipinski definition) is 0. The first-order valence-corrected chi connectivity index (χ1v) is 6.85. The molecule has 0 aromatic heterocycles. The van der Waals surface area contributed by atoms with Crippen LogP contribution in [0.5, 0.6) is 0 Å². The van der Waals surface area contributed by atoms with Gasteiger partial charge in [0.25, 0.3) is 0 Å². The zero-order chi connectivity index (χ0) is 12.0. The molecule has 4 nitrogen and oxygen atoms in total. The second-order valence-corrected chi connectivity index (χ2v) is 5.46. The molecule has 0 N–H and O–H groups in total. The molecule has 3 rings (SSSR count). The van der Waals surface area contributed by atoms with Crippen LogP contribution in [-0.2, 0) is 9.59 Å². The largest absolute Gasteiger partial charge is 0.299 e. The molecule has 1 aliphatic carbocycles. The number of fused-ring (bicyclic) bond motifs is 3. The SMILES string of the molecule is CCC[C@@H]1[C@H]2C(=O)CCC[C@H]2N2C(=O)CCN12. The summed E-state index contributed by atoms with van der Waals surface area (Å²) in [5.41, 5.74) is 0. The molecule has 2 heterocycles. The summed E-state index contributed by atoms with van der Waals surface area (Å²) in [7, 11) is 0. The summed E-state index contributed by atoms with van der Waals surface area (Å²) < 4.78 is 0. The second-order valence-electron chi connectivity index (χ2n) is 5.46. The van der Waals surface area contributed by atoms with Crippen LogP contribution in [0.15, 0.2) is 0 Å². The Kier molecular flexibility index (Phi) is 2.69. The van der Waals surface area contributed by atoms with E-state index in [1.54, 1.807) is 0 Å². The first kappa shape index (κ1) is 11.2. The lowest BCUT2D eigenvalue weighted by molar-refractivity contribution is -0.139. The van der Waals surface area contributed by atoms with Gasteiger partial charge in [-0.05, 0) is 19.3 Å². The van der Waals surface area contributed by atoms with E-state index < -0.39 is 0 Å². The molecule has 3 aliphatic rings. The van der Waals surface area contributed by atoms with Gasteiger partial charge in [-0.25, -0.2) is 5.01 Å². The molecule has 0 unspecified atom stereocenters. The van der Waals surface area contributed by atoms with E-state index in [0.717, 1.165) is 38.6 Å². The predicted octanol–water partition coefficient (Wildman–Crippen LogP) is 1.36. The van der Waals surface area contributed by atoms with Crippen molar-refractivity contribution in [3.05, 3.63) is 0 Å². The third-order valence-corrected chi connectivity index (χ3v) is 4.49. The van der Waals surface area contributed by atoms with E-state index in [4.69, 9.17) is 0 Å². The smallest absolute Gasteiger partial charge is 0.238 e. The normalized spacial score (nSPS) is 37.5. The number of nitrogens with zero attached hydrogens (tertiary/aromatic N) is 2. The third kappa shape index (κ3) is 1.53. The lowest BCUT2D eigenvalue weighted by Crippen LogP contribution is -2.42. The number of carbonyl (C=O) groups is 2. The van der Waals surface area contributed by atoms with Crippen LogP contribution in [0, 0.1) is 5.92 Å². The van der Waals surface area contributed by atoms with Gasteiger partial charge in [0.1, 0.15) is 5.78 Å². The average Bonchev–Trinajstić information content (AvgIpc) is 2.82. The Morgan fingerprint density at radius 2 is 2.12 bits per heavy atom. The van der Waals surface area contributed by atoms with Gasteiger partial charge in [0.15, 0.2) is 0 Å². The maximum Gasteiger partial charge on any atom is 0.238 e. The van der Waals surface area contributed by atoms with Crippen molar-refractivity contribution in [3.63, 3.8) is 0 Å². The highest BCUT2D eigenvalue weighted by Gasteiger charge is 2.54. The van der Waals surface area contributed by atoms with Crippen molar-refractivity contribution in [2.75, 3.05) is 6.54 Å². The molecular formula is C13H20N2O2. The summed E-state index contributed by atoms with van der Waals surface area (Å²) in [4.78, 5) is 24.1. The number of amides is 1. The summed E-state index contributed by atoms with van der Waals surface area (Å²) in [6, 6.07) is 0.479. The van der Waals surface area contributed by atoms with E-state index in [0.29, 0.717) is 18.2 Å². The molecule has 3 atom stereocenters. The summed E-state index contributed by atoms with van der Waals surface area (Å²) in [5.74, 6) is 0.725. The minimum atomic E-state index is 0.105. The molecule has 0 radical (unpaired) electrons. The van der Waals surface area contributed by atoms with Crippen LogP contribution < -0.4 is 0 Å². The van der Waals surface area contributed by atoms with E-state index in [1.807, 2.05) is 5.01 Å². The highest BCUT2D eigenvalue weighted by molar-refractivity contribution is 5.86. The van der Waals surface area contributed by atoms with Gasteiger partial charge in [-0.1, -0.05) is 13.3 Å². The van der Waals surface area contributed by atoms with E-state index in [2.05, 4.69) is 11.9 Å². The average molecular weight is 236 g/mol. The molecule has 4 heteroatoms. The van der Waals surface area contributed by atoms with Gasteiger partial charge in [0.05, 0.1) is 12.0 Å². The van der Waals surface area contributed by atoms with Gasteiger partial charge >= 0.3 is 0 Å². The van der Waals surface area contributed by atoms with Gasteiger partial charge in [-0.3, -0.25) is 14.6 Å². The highest BCUT2D eigenvalue weighted by Crippen LogP contribution is 2.42. The second kappa shape index (κ2) is 4.09. The number of carbonyl (C=O) groups excluding carboxylic acids is 2. The number of rotatable bonds is 2. The van der Waals surface area contributed by atoms with E-state index >= 15 is 0 Å². The van der Waals surface area contributed by atoms with Crippen LogP contribution in [0.2, 0.25) is 0 Å². The van der Waals surface area contributed by atoms with Gasteiger partial charge < -0.3 is 0 Å². The molecule has 0 bridgehead atoms. The van der Waals surface area contributed by atoms with Gasteiger partial charge in [0, 0.05) is 25.4 Å². The van der Waals surface area contributed by atoms with Crippen molar-refractivity contribution in [1.29, 1.82) is 0 Å². The van der Waals surface area contributed by atoms with Crippen LogP contribution in [-0.4, -0.2) is 40.3 Å². The Labute approximate surface area is 102 Å². The number of ketones is 1. The molecule has 3 fully saturated rings. The zero-order valence-corrected chi connectivity index (χ0v) is 10.4. The lowest BCUT2D eigenvalue weighted by atomic mass is 9.78. The monoisotopic (exact) mass is 236 g/mol. The third-order valence-electron chi connectivity index (χ3n) is 4.49. The van der Waals surface area contributed by atoms with Crippen molar-refractivity contribution in [2.24, 2.45) is 5.92 Å². The maximum absolute atomic E-state index is 12.1. The maximum atomic E-state index is 12.1. The van der Waals surface area contributed by atoms with Crippen molar-refractivity contribution < 1.29 is 9.59 Å². The summed E-state index contributed by atoms with van der Waals surface area (Å²) in [6.45, 7) is 2.98. The molecule has 2 aliphatic heterocycles. The van der Waals surface area contributed by atoms with Crippen LogP contribution in [0.3, 0.4) is 0 Å². The van der Waals surface area contributed by atoms with Crippen molar-refractivity contribution in [3.8, 4) is 0 Å². The molecule has 0 aromatic rings.